The summed E-state index contributed by atoms with van der Waals surface area (Å²) in [6.45, 7) is 6.57. The first-order chi connectivity index (χ1) is 37.5. The number of hydrogen-bond donors (Lipinski definition) is 0. The van der Waals surface area contributed by atoms with Gasteiger partial charge in [0.05, 0.1) is 0 Å². The molecule has 1 atom stereocenters. The van der Waals surface area contributed by atoms with Crippen molar-refractivity contribution in [3.8, 4) is 0 Å². The van der Waals surface area contributed by atoms with E-state index in [0.29, 0.717) is 19.3 Å². The number of ether oxygens (including phenoxy) is 3. The van der Waals surface area contributed by atoms with Gasteiger partial charge in [0, 0.05) is 19.3 Å². The smallest absolute Gasteiger partial charge is 0.306 e. The molecule has 0 rings (SSSR count). The van der Waals surface area contributed by atoms with E-state index in [2.05, 4.69) is 81.5 Å². The number of esters is 3. The molecule has 0 amide bonds. The van der Waals surface area contributed by atoms with Crippen LogP contribution < -0.4 is 0 Å². The van der Waals surface area contributed by atoms with Crippen molar-refractivity contribution in [3.63, 3.8) is 0 Å². The highest BCUT2D eigenvalue weighted by atomic mass is 16.6. The van der Waals surface area contributed by atoms with Gasteiger partial charge in [0.15, 0.2) is 6.10 Å². The minimum Gasteiger partial charge on any atom is -0.462 e. The Morgan fingerprint density at radius 2 is 0.513 bits per heavy atom. The average Bonchev–Trinajstić information content (AvgIpc) is 3.42. The monoisotopic (exact) mass is 1060 g/mol. The molecular weight excluding hydrogens is 937 g/mol. The standard InChI is InChI=1S/C70H126O6/c1-4-7-10-13-16-19-22-25-28-31-34-37-39-42-45-48-51-54-57-60-63-69(72)75-66-67(76-70(73)64-61-58-55-52-49-46-43-40-36-33-30-27-24-21-18-15-12-9-6-3)65-74-68(71)62-59-56-53-50-47-44-41-38-35-32-29-26-23-20-17-14-11-8-5-2/h9,12,18,21,26-27,29-30,36,40,67H,4-8,10-11,13-17,19-20,22-25,28,31-35,37-39,41-66H2,1-3H3/b12-9-,21-18-,29-26-,30-27-,40-36-. The second kappa shape index (κ2) is 64.6. The Hall–Kier alpha value is -2.89. The van der Waals surface area contributed by atoms with Crippen LogP contribution in [-0.2, 0) is 28.6 Å². The SMILES string of the molecule is CC/C=C\C/C=C\C/C=C\C/C=C\CCCCCCCCC(=O)OC(COC(=O)CCCCCCCCCCC/C=C\CCCCCCCC)COC(=O)CCCCCCCCCCCCCCCCCCCCCC. The molecule has 76 heavy (non-hydrogen) atoms. The van der Waals surface area contributed by atoms with Crippen LogP contribution in [0.2, 0.25) is 0 Å². The van der Waals surface area contributed by atoms with Gasteiger partial charge < -0.3 is 14.2 Å². The van der Waals surface area contributed by atoms with Crippen molar-refractivity contribution in [3.05, 3.63) is 60.8 Å². The first kappa shape index (κ1) is 73.1. The first-order valence-electron chi connectivity index (χ1n) is 33.3. The van der Waals surface area contributed by atoms with Crippen LogP contribution in [0.1, 0.15) is 348 Å². The molecule has 0 aromatic rings. The van der Waals surface area contributed by atoms with E-state index in [0.717, 1.165) is 96.3 Å². The third-order valence-corrected chi connectivity index (χ3v) is 14.8. The Balaban J connectivity index is 4.36. The molecule has 0 spiro atoms. The summed E-state index contributed by atoms with van der Waals surface area (Å²) in [4.78, 5) is 38.4. The third kappa shape index (κ3) is 62.0. The zero-order valence-electron chi connectivity index (χ0n) is 50.8. The lowest BCUT2D eigenvalue weighted by atomic mass is 10.0. The highest BCUT2D eigenvalue weighted by Crippen LogP contribution is 2.17. The molecule has 0 aromatic heterocycles. The fraction of sp³-hybridized carbons (Fsp3) is 0.814. The second-order valence-corrected chi connectivity index (χ2v) is 22.4. The normalized spacial score (nSPS) is 12.4. The zero-order chi connectivity index (χ0) is 55.0. The Kier molecular flexibility index (Phi) is 62.2. The van der Waals surface area contributed by atoms with Gasteiger partial charge >= 0.3 is 17.9 Å². The lowest BCUT2D eigenvalue weighted by Crippen LogP contribution is -2.30. The van der Waals surface area contributed by atoms with Crippen molar-refractivity contribution in [1.29, 1.82) is 0 Å². The summed E-state index contributed by atoms with van der Waals surface area (Å²) in [6, 6.07) is 0. The van der Waals surface area contributed by atoms with Crippen molar-refractivity contribution >= 4 is 17.9 Å². The van der Waals surface area contributed by atoms with Crippen LogP contribution >= 0.6 is 0 Å². The van der Waals surface area contributed by atoms with Crippen LogP contribution in [0.25, 0.3) is 0 Å². The van der Waals surface area contributed by atoms with Crippen LogP contribution in [0.5, 0.6) is 0 Å². The lowest BCUT2D eigenvalue weighted by Gasteiger charge is -2.18. The zero-order valence-corrected chi connectivity index (χ0v) is 50.8. The van der Waals surface area contributed by atoms with Gasteiger partial charge in [0.2, 0.25) is 0 Å². The number of carbonyl (C=O) groups excluding carboxylic acids is 3. The Labute approximate surface area is 472 Å². The molecule has 0 heterocycles. The molecule has 0 aliphatic heterocycles. The summed E-state index contributed by atoms with van der Waals surface area (Å²) in [5, 5.41) is 0. The topological polar surface area (TPSA) is 78.9 Å². The summed E-state index contributed by atoms with van der Waals surface area (Å²) in [6.07, 6.45) is 82.3. The third-order valence-electron chi connectivity index (χ3n) is 14.8. The highest BCUT2D eigenvalue weighted by Gasteiger charge is 2.19. The molecule has 0 aliphatic rings. The molecule has 0 aliphatic carbocycles. The van der Waals surface area contributed by atoms with Gasteiger partial charge in [-0.25, -0.2) is 0 Å². The number of unbranched alkanes of at least 4 members (excludes halogenated alkanes) is 40. The predicted octanol–water partition coefficient (Wildman–Crippen LogP) is 22.7. The maximum absolute atomic E-state index is 12.9. The van der Waals surface area contributed by atoms with Crippen LogP contribution in [0.4, 0.5) is 0 Å². The maximum Gasteiger partial charge on any atom is 0.306 e. The molecule has 0 fully saturated rings. The molecule has 0 saturated carbocycles. The maximum atomic E-state index is 12.9. The Bertz CT molecular complexity index is 1360. The molecule has 0 bridgehead atoms. The van der Waals surface area contributed by atoms with Crippen LogP contribution in [0.3, 0.4) is 0 Å². The minimum absolute atomic E-state index is 0.0771. The molecule has 0 saturated heterocycles. The predicted molar refractivity (Wildman–Crippen MR) is 330 cm³/mol. The van der Waals surface area contributed by atoms with Crippen LogP contribution in [-0.4, -0.2) is 37.2 Å². The van der Waals surface area contributed by atoms with E-state index in [1.54, 1.807) is 0 Å². The molecule has 0 radical (unpaired) electrons. The van der Waals surface area contributed by atoms with Crippen LogP contribution in [0.15, 0.2) is 60.8 Å². The Morgan fingerprint density at radius 1 is 0.276 bits per heavy atom. The summed E-state index contributed by atoms with van der Waals surface area (Å²) < 4.78 is 17.0. The number of rotatable bonds is 61. The summed E-state index contributed by atoms with van der Waals surface area (Å²) in [5.74, 6) is -0.871. The van der Waals surface area contributed by atoms with Gasteiger partial charge in [-0.05, 0) is 83.5 Å². The number of allylic oxidation sites excluding steroid dienone is 10. The lowest BCUT2D eigenvalue weighted by molar-refractivity contribution is -0.167. The highest BCUT2D eigenvalue weighted by molar-refractivity contribution is 5.71. The van der Waals surface area contributed by atoms with Gasteiger partial charge in [-0.3, -0.25) is 14.4 Å². The van der Waals surface area contributed by atoms with Crippen molar-refractivity contribution in [2.75, 3.05) is 13.2 Å². The summed E-state index contributed by atoms with van der Waals surface area (Å²) in [5.41, 5.74) is 0. The van der Waals surface area contributed by atoms with Crippen molar-refractivity contribution in [2.24, 2.45) is 0 Å². The van der Waals surface area contributed by atoms with Gasteiger partial charge in [-0.2, -0.15) is 0 Å². The van der Waals surface area contributed by atoms with E-state index in [-0.39, 0.29) is 31.1 Å². The quantitative estimate of drug-likeness (QED) is 0.0261. The van der Waals surface area contributed by atoms with Crippen molar-refractivity contribution in [1.82, 2.24) is 0 Å². The molecule has 1 unspecified atom stereocenters. The molecule has 6 heteroatoms. The van der Waals surface area contributed by atoms with Gasteiger partial charge in [0.1, 0.15) is 13.2 Å². The largest absolute Gasteiger partial charge is 0.462 e. The van der Waals surface area contributed by atoms with E-state index in [1.165, 1.54) is 212 Å². The molecule has 6 nitrogen and oxygen atoms in total. The molecular formula is C70H126O6. The second-order valence-electron chi connectivity index (χ2n) is 22.4. The average molecular weight is 1060 g/mol. The Morgan fingerprint density at radius 3 is 0.816 bits per heavy atom. The number of carbonyl (C=O) groups is 3. The molecule has 0 N–H and O–H groups in total. The summed E-state index contributed by atoms with van der Waals surface area (Å²) >= 11 is 0. The van der Waals surface area contributed by atoms with E-state index in [4.69, 9.17) is 14.2 Å². The van der Waals surface area contributed by atoms with E-state index in [1.807, 2.05) is 0 Å². The van der Waals surface area contributed by atoms with E-state index in [9.17, 15) is 14.4 Å². The first-order valence-corrected chi connectivity index (χ1v) is 33.3. The van der Waals surface area contributed by atoms with Crippen molar-refractivity contribution in [2.45, 2.75) is 354 Å². The summed E-state index contributed by atoms with van der Waals surface area (Å²) in [7, 11) is 0. The van der Waals surface area contributed by atoms with E-state index < -0.39 is 6.10 Å². The number of hydrogen-bond acceptors (Lipinski definition) is 6. The fourth-order valence-corrected chi connectivity index (χ4v) is 9.79. The van der Waals surface area contributed by atoms with Gasteiger partial charge in [-0.15, -0.1) is 0 Å². The van der Waals surface area contributed by atoms with Gasteiger partial charge in [0.25, 0.3) is 0 Å². The minimum atomic E-state index is -0.783. The molecule has 0 aromatic carbocycles. The van der Waals surface area contributed by atoms with Crippen LogP contribution in [0, 0.1) is 0 Å². The fourth-order valence-electron chi connectivity index (χ4n) is 9.79. The molecule has 442 valence electrons. The van der Waals surface area contributed by atoms with E-state index >= 15 is 0 Å². The van der Waals surface area contributed by atoms with Crippen molar-refractivity contribution < 1.29 is 28.6 Å². The van der Waals surface area contributed by atoms with Gasteiger partial charge in [-0.1, -0.05) is 306 Å².